The van der Waals surface area contributed by atoms with Crippen LogP contribution in [0.1, 0.15) is 11.1 Å². The molecule has 3 heteroatoms. The predicted octanol–water partition coefficient (Wildman–Crippen LogP) is 7.00. The Labute approximate surface area is 192 Å². The monoisotopic (exact) mass is 520 g/mol. The molecule has 1 nitrogen and oxygen atoms in total. The Balaban J connectivity index is 1.92. The predicted molar refractivity (Wildman–Crippen MR) is 138 cm³/mol. The second kappa shape index (κ2) is 9.59. The summed E-state index contributed by atoms with van der Waals surface area (Å²) in [6.45, 7) is 0. The number of allylic oxidation sites excluding steroid dienone is 1. The van der Waals surface area contributed by atoms with Gasteiger partial charge in [0.25, 0.3) is 0 Å². The maximum absolute atomic E-state index is 14.7. The van der Waals surface area contributed by atoms with Crippen LogP contribution in [0.3, 0.4) is 0 Å². The van der Waals surface area contributed by atoms with Crippen LogP contribution in [-0.4, -0.2) is 6.16 Å². The number of hydrogen-bond acceptors (Lipinski definition) is 1. The Hall–Kier alpha value is -2.42. The SMILES string of the molecule is O=P(C/C(=C(\I)c1ccccc1)c1ccccc1)(c1ccccc1)c1ccccc1. The van der Waals surface area contributed by atoms with Gasteiger partial charge in [-0.3, -0.25) is 0 Å². The van der Waals surface area contributed by atoms with Crippen LogP contribution in [0, 0.1) is 0 Å². The number of benzene rings is 4. The standard InChI is InChI=1S/C27H22IOP/c28-27(23-15-7-2-8-16-23)26(22-13-5-1-6-14-22)21-30(29,24-17-9-3-10-18-24)25-19-11-4-12-20-25/h1-20H,21H2/b27-26+. The largest absolute Gasteiger partial charge is 0.313 e. The normalized spacial score (nSPS) is 12.3. The molecular formula is C27H22IOP. The van der Waals surface area contributed by atoms with E-state index >= 15 is 0 Å². The molecule has 0 aliphatic carbocycles. The van der Waals surface area contributed by atoms with Crippen molar-refractivity contribution in [2.45, 2.75) is 0 Å². The molecule has 4 aromatic rings. The average Bonchev–Trinajstić information content (AvgIpc) is 2.84. The van der Waals surface area contributed by atoms with E-state index in [0.717, 1.165) is 30.9 Å². The fourth-order valence-corrected chi connectivity index (χ4v) is 7.50. The van der Waals surface area contributed by atoms with Crippen LogP contribution in [0.25, 0.3) is 9.15 Å². The molecule has 148 valence electrons. The topological polar surface area (TPSA) is 17.1 Å². The maximum atomic E-state index is 14.7. The van der Waals surface area contributed by atoms with E-state index in [1.165, 1.54) is 0 Å². The molecule has 0 bridgehead atoms. The summed E-state index contributed by atoms with van der Waals surface area (Å²) in [6, 6.07) is 40.5. The third-order valence-electron chi connectivity index (χ3n) is 5.14. The molecule has 0 aliphatic rings. The molecular weight excluding hydrogens is 498 g/mol. The van der Waals surface area contributed by atoms with Gasteiger partial charge in [0.15, 0.2) is 0 Å². The van der Waals surface area contributed by atoms with Crippen molar-refractivity contribution in [2.24, 2.45) is 0 Å². The second-order valence-electron chi connectivity index (χ2n) is 7.09. The fourth-order valence-electron chi connectivity index (χ4n) is 3.58. The van der Waals surface area contributed by atoms with Gasteiger partial charge in [0.05, 0.1) is 0 Å². The molecule has 0 heterocycles. The third kappa shape index (κ3) is 4.50. The molecule has 0 amide bonds. The van der Waals surface area contributed by atoms with Crippen LogP contribution in [0.2, 0.25) is 0 Å². The lowest BCUT2D eigenvalue weighted by Gasteiger charge is -2.22. The zero-order valence-electron chi connectivity index (χ0n) is 16.5. The van der Waals surface area contributed by atoms with Gasteiger partial charge in [0, 0.05) is 20.4 Å². The number of rotatable bonds is 6. The molecule has 30 heavy (non-hydrogen) atoms. The van der Waals surface area contributed by atoms with Crippen molar-refractivity contribution in [3.63, 3.8) is 0 Å². The Morgan fingerprint density at radius 2 is 0.933 bits per heavy atom. The van der Waals surface area contributed by atoms with Crippen molar-refractivity contribution in [1.29, 1.82) is 0 Å². The van der Waals surface area contributed by atoms with E-state index in [2.05, 4.69) is 46.9 Å². The van der Waals surface area contributed by atoms with Crippen LogP contribution in [-0.2, 0) is 4.57 Å². The lowest BCUT2D eigenvalue weighted by Crippen LogP contribution is -2.19. The first-order valence-corrected chi connectivity index (χ1v) is 12.9. The van der Waals surface area contributed by atoms with Gasteiger partial charge in [0.2, 0.25) is 0 Å². The molecule has 0 spiro atoms. The maximum Gasteiger partial charge on any atom is 0.147 e. The van der Waals surface area contributed by atoms with Crippen molar-refractivity contribution < 1.29 is 4.57 Å². The summed E-state index contributed by atoms with van der Waals surface area (Å²) in [7, 11) is -2.88. The molecule has 0 aliphatic heterocycles. The van der Waals surface area contributed by atoms with Crippen LogP contribution in [0.4, 0.5) is 0 Å². The van der Waals surface area contributed by atoms with Crippen molar-refractivity contribution in [2.75, 3.05) is 6.16 Å². The summed E-state index contributed by atoms with van der Waals surface area (Å²) in [5, 5.41) is 1.78. The van der Waals surface area contributed by atoms with Gasteiger partial charge in [-0.15, -0.1) is 0 Å². The molecule has 0 atom stereocenters. The quantitative estimate of drug-likeness (QED) is 0.152. The van der Waals surface area contributed by atoms with Crippen molar-refractivity contribution in [3.05, 3.63) is 132 Å². The van der Waals surface area contributed by atoms with Crippen LogP contribution >= 0.6 is 29.7 Å². The Morgan fingerprint density at radius 1 is 0.567 bits per heavy atom. The van der Waals surface area contributed by atoms with Crippen LogP contribution in [0.15, 0.2) is 121 Å². The molecule has 0 saturated heterocycles. The lowest BCUT2D eigenvalue weighted by atomic mass is 10.0. The Morgan fingerprint density at radius 3 is 1.37 bits per heavy atom. The number of hydrogen-bond donors (Lipinski definition) is 0. The van der Waals surface area contributed by atoms with Crippen molar-refractivity contribution >= 4 is 49.5 Å². The number of halogens is 1. The molecule has 0 fully saturated rings. The molecule has 4 aromatic carbocycles. The van der Waals surface area contributed by atoms with Crippen molar-refractivity contribution in [1.82, 2.24) is 0 Å². The van der Waals surface area contributed by atoms with E-state index in [-0.39, 0.29) is 0 Å². The summed E-state index contributed by atoms with van der Waals surface area (Å²) in [5.41, 5.74) is 3.36. The Kier molecular flexibility index (Phi) is 6.66. The van der Waals surface area contributed by atoms with E-state index in [9.17, 15) is 4.57 Å². The average molecular weight is 520 g/mol. The highest BCUT2D eigenvalue weighted by atomic mass is 127. The first-order chi connectivity index (χ1) is 14.7. The summed E-state index contributed by atoms with van der Waals surface area (Å²) in [5.74, 6) is 0. The highest BCUT2D eigenvalue weighted by Crippen LogP contribution is 2.49. The summed E-state index contributed by atoms with van der Waals surface area (Å²) >= 11 is 2.41. The van der Waals surface area contributed by atoms with E-state index in [0.29, 0.717) is 6.16 Å². The summed E-state index contributed by atoms with van der Waals surface area (Å²) in [4.78, 5) is 0. The first-order valence-electron chi connectivity index (χ1n) is 9.88. The van der Waals surface area contributed by atoms with E-state index in [4.69, 9.17) is 0 Å². The van der Waals surface area contributed by atoms with Gasteiger partial charge in [-0.05, 0) is 39.3 Å². The molecule has 0 saturated carbocycles. The van der Waals surface area contributed by atoms with Crippen molar-refractivity contribution in [3.8, 4) is 0 Å². The van der Waals surface area contributed by atoms with Crippen LogP contribution in [0.5, 0.6) is 0 Å². The summed E-state index contributed by atoms with van der Waals surface area (Å²) in [6.07, 6.45) is 0.470. The summed E-state index contributed by atoms with van der Waals surface area (Å²) < 4.78 is 15.8. The van der Waals surface area contributed by atoms with E-state index < -0.39 is 7.14 Å². The Bertz CT molecular complexity index is 1130. The van der Waals surface area contributed by atoms with Gasteiger partial charge in [0.1, 0.15) is 7.14 Å². The van der Waals surface area contributed by atoms with E-state index in [1.54, 1.807) is 0 Å². The fraction of sp³-hybridized carbons (Fsp3) is 0.0370. The third-order valence-corrected chi connectivity index (χ3v) is 9.44. The molecule has 0 unspecified atom stereocenters. The molecule has 0 radical (unpaired) electrons. The van der Waals surface area contributed by atoms with Gasteiger partial charge in [-0.25, -0.2) is 0 Å². The second-order valence-corrected chi connectivity index (χ2v) is 11.0. The zero-order chi connectivity index (χ0) is 20.8. The molecule has 0 N–H and O–H groups in total. The minimum Gasteiger partial charge on any atom is -0.313 e. The van der Waals surface area contributed by atoms with Crippen LogP contribution < -0.4 is 10.6 Å². The molecule has 0 aromatic heterocycles. The smallest absolute Gasteiger partial charge is 0.147 e. The minimum atomic E-state index is -2.88. The zero-order valence-corrected chi connectivity index (χ0v) is 19.5. The first kappa shape index (κ1) is 20.8. The van der Waals surface area contributed by atoms with Gasteiger partial charge < -0.3 is 4.57 Å². The minimum absolute atomic E-state index is 0.470. The highest BCUT2D eigenvalue weighted by molar-refractivity contribution is 14.1. The van der Waals surface area contributed by atoms with Gasteiger partial charge >= 0.3 is 0 Å². The highest BCUT2D eigenvalue weighted by Gasteiger charge is 2.30. The van der Waals surface area contributed by atoms with Gasteiger partial charge in [-0.2, -0.15) is 0 Å². The van der Waals surface area contributed by atoms with Gasteiger partial charge in [-0.1, -0.05) is 121 Å². The van der Waals surface area contributed by atoms with E-state index in [1.807, 2.05) is 97.1 Å². The lowest BCUT2D eigenvalue weighted by molar-refractivity contribution is 0.589. The molecule has 4 rings (SSSR count).